The van der Waals surface area contributed by atoms with Crippen molar-refractivity contribution in [2.24, 2.45) is 11.7 Å². The molecule has 0 aromatic heterocycles. The Morgan fingerprint density at radius 3 is 2.89 bits per heavy atom. The summed E-state index contributed by atoms with van der Waals surface area (Å²) in [7, 11) is 0. The molecule has 1 saturated heterocycles. The van der Waals surface area contributed by atoms with Crippen molar-refractivity contribution in [2.45, 2.75) is 25.9 Å². The second-order valence-corrected chi connectivity index (χ2v) is 5.48. The number of benzene rings is 1. The number of nitrogens with two attached hydrogens (primary N) is 1. The molecule has 1 amide bonds. The molecule has 5 heteroatoms. The van der Waals surface area contributed by atoms with Crippen LogP contribution in [0.5, 0.6) is 0 Å². The molecular weight excluding hydrogens is 264 g/mol. The van der Waals surface area contributed by atoms with Gasteiger partial charge in [0.25, 0.3) is 0 Å². The number of anilines is 1. The molecule has 0 bridgehead atoms. The lowest BCUT2D eigenvalue weighted by atomic mass is 9.97. The Bertz CT molecular complexity index is 477. The molecule has 19 heavy (non-hydrogen) atoms. The second kappa shape index (κ2) is 5.80. The van der Waals surface area contributed by atoms with Crippen LogP contribution < -0.4 is 10.6 Å². The Morgan fingerprint density at radius 1 is 1.58 bits per heavy atom. The molecule has 1 aromatic rings. The van der Waals surface area contributed by atoms with Crippen LogP contribution in [0.2, 0.25) is 5.02 Å². The molecule has 0 radical (unpaired) electrons. The van der Waals surface area contributed by atoms with E-state index in [0.717, 1.165) is 30.6 Å². The number of piperidine rings is 1. The Labute approximate surface area is 118 Å². The van der Waals surface area contributed by atoms with Gasteiger partial charge in [-0.3, -0.25) is 4.79 Å². The minimum Gasteiger partial charge on any atom is -0.389 e. The number of primary amides is 1. The van der Waals surface area contributed by atoms with Crippen LogP contribution in [0.1, 0.15) is 31.4 Å². The molecule has 1 aliphatic rings. The number of rotatable bonds is 3. The summed E-state index contributed by atoms with van der Waals surface area (Å²) in [5.74, 6) is -0.359. The number of hydrogen-bond acceptors (Lipinski definition) is 3. The lowest BCUT2D eigenvalue weighted by Crippen LogP contribution is -2.41. The molecule has 1 aromatic carbocycles. The number of carbonyl (C=O) groups is 1. The van der Waals surface area contributed by atoms with Gasteiger partial charge in [-0.15, -0.1) is 0 Å². The van der Waals surface area contributed by atoms with Gasteiger partial charge in [0.1, 0.15) is 0 Å². The Hall–Kier alpha value is -1.26. The molecule has 1 heterocycles. The van der Waals surface area contributed by atoms with Crippen LogP contribution in [0, 0.1) is 5.92 Å². The van der Waals surface area contributed by atoms with Gasteiger partial charge in [-0.25, -0.2) is 0 Å². The summed E-state index contributed by atoms with van der Waals surface area (Å²) in [4.78, 5) is 13.4. The van der Waals surface area contributed by atoms with Crippen molar-refractivity contribution in [3.8, 4) is 0 Å². The highest BCUT2D eigenvalue weighted by atomic mass is 35.5. The number of nitrogens with zero attached hydrogens (tertiary/aromatic N) is 1. The third kappa shape index (κ3) is 3.19. The van der Waals surface area contributed by atoms with E-state index in [1.54, 1.807) is 13.0 Å². The van der Waals surface area contributed by atoms with E-state index in [1.165, 1.54) is 0 Å². The van der Waals surface area contributed by atoms with Crippen LogP contribution in [0.3, 0.4) is 0 Å². The zero-order valence-electron chi connectivity index (χ0n) is 11.0. The fourth-order valence-electron chi connectivity index (χ4n) is 2.47. The summed E-state index contributed by atoms with van der Waals surface area (Å²) in [6.45, 7) is 3.19. The number of amides is 1. The molecule has 0 spiro atoms. The van der Waals surface area contributed by atoms with Crippen molar-refractivity contribution in [1.82, 2.24) is 0 Å². The van der Waals surface area contributed by atoms with Crippen LogP contribution in [-0.2, 0) is 4.79 Å². The first kappa shape index (κ1) is 14.2. The lowest BCUT2D eigenvalue weighted by Gasteiger charge is -2.33. The molecule has 104 valence electrons. The Morgan fingerprint density at radius 2 is 2.32 bits per heavy atom. The SMILES string of the molecule is C[C@H](O)c1ccc(N2CCCC(C(N)=O)C2)c(Cl)c1. The highest BCUT2D eigenvalue weighted by molar-refractivity contribution is 6.33. The maximum atomic E-state index is 11.3. The van der Waals surface area contributed by atoms with Crippen LogP contribution >= 0.6 is 11.6 Å². The average molecular weight is 283 g/mol. The molecular formula is C14H19ClN2O2. The standard InChI is InChI=1S/C14H19ClN2O2/c1-9(18)10-4-5-13(12(15)7-10)17-6-2-3-11(8-17)14(16)19/h4-5,7,9,11,18H,2-3,6,8H2,1H3,(H2,16,19)/t9-,11?/m0/s1. The minimum atomic E-state index is -0.536. The number of halogens is 1. The highest BCUT2D eigenvalue weighted by Crippen LogP contribution is 2.31. The van der Waals surface area contributed by atoms with E-state index in [4.69, 9.17) is 17.3 Å². The smallest absolute Gasteiger partial charge is 0.222 e. The normalized spacial score (nSPS) is 21.2. The molecule has 1 fully saturated rings. The van der Waals surface area contributed by atoms with Crippen LogP contribution in [-0.4, -0.2) is 24.1 Å². The van der Waals surface area contributed by atoms with Gasteiger partial charge in [-0.05, 0) is 37.5 Å². The van der Waals surface area contributed by atoms with E-state index in [1.807, 2.05) is 12.1 Å². The van der Waals surface area contributed by atoms with Crippen molar-refractivity contribution in [3.63, 3.8) is 0 Å². The average Bonchev–Trinajstić information content (AvgIpc) is 2.38. The molecule has 0 saturated carbocycles. The first-order valence-electron chi connectivity index (χ1n) is 6.51. The van der Waals surface area contributed by atoms with E-state index in [-0.39, 0.29) is 11.8 Å². The van der Waals surface area contributed by atoms with Crippen molar-refractivity contribution < 1.29 is 9.90 Å². The molecule has 1 unspecified atom stereocenters. The van der Waals surface area contributed by atoms with Gasteiger partial charge in [-0.2, -0.15) is 0 Å². The molecule has 1 aliphatic heterocycles. The first-order valence-corrected chi connectivity index (χ1v) is 6.88. The molecule has 0 aliphatic carbocycles. The minimum absolute atomic E-state index is 0.110. The Balaban J connectivity index is 2.19. The van der Waals surface area contributed by atoms with E-state index in [0.29, 0.717) is 11.6 Å². The monoisotopic (exact) mass is 282 g/mol. The Kier molecular flexibility index (Phi) is 4.32. The number of hydrogen-bond donors (Lipinski definition) is 2. The molecule has 4 nitrogen and oxygen atoms in total. The summed E-state index contributed by atoms with van der Waals surface area (Å²) >= 11 is 6.27. The molecule has 2 atom stereocenters. The number of aliphatic hydroxyl groups excluding tert-OH is 1. The summed E-state index contributed by atoms with van der Waals surface area (Å²) in [6, 6.07) is 5.53. The van der Waals surface area contributed by atoms with Gasteiger partial charge < -0.3 is 15.7 Å². The summed E-state index contributed by atoms with van der Waals surface area (Å²) in [6.07, 6.45) is 1.24. The van der Waals surface area contributed by atoms with Gasteiger partial charge >= 0.3 is 0 Å². The topological polar surface area (TPSA) is 66.6 Å². The fraction of sp³-hybridized carbons (Fsp3) is 0.500. The zero-order valence-corrected chi connectivity index (χ0v) is 11.7. The van der Waals surface area contributed by atoms with Gasteiger partial charge in [-0.1, -0.05) is 17.7 Å². The largest absolute Gasteiger partial charge is 0.389 e. The number of carbonyl (C=O) groups excluding carboxylic acids is 1. The second-order valence-electron chi connectivity index (χ2n) is 5.07. The van der Waals surface area contributed by atoms with E-state index >= 15 is 0 Å². The van der Waals surface area contributed by atoms with Crippen LogP contribution in [0.15, 0.2) is 18.2 Å². The van der Waals surface area contributed by atoms with Gasteiger partial charge in [0, 0.05) is 13.1 Å². The predicted octanol–water partition coefficient (Wildman–Crippen LogP) is 2.09. The van der Waals surface area contributed by atoms with Crippen molar-refractivity contribution in [2.75, 3.05) is 18.0 Å². The number of aliphatic hydroxyl groups is 1. The zero-order chi connectivity index (χ0) is 14.0. The maximum Gasteiger partial charge on any atom is 0.222 e. The first-order chi connectivity index (χ1) is 8.99. The van der Waals surface area contributed by atoms with Crippen LogP contribution in [0.25, 0.3) is 0 Å². The predicted molar refractivity (Wildman–Crippen MR) is 76.2 cm³/mol. The third-order valence-corrected chi connectivity index (χ3v) is 3.92. The van der Waals surface area contributed by atoms with Crippen molar-refractivity contribution in [1.29, 1.82) is 0 Å². The molecule has 3 N–H and O–H groups in total. The maximum absolute atomic E-state index is 11.3. The lowest BCUT2D eigenvalue weighted by molar-refractivity contribution is -0.122. The molecule has 2 rings (SSSR count). The van der Waals surface area contributed by atoms with Gasteiger partial charge in [0.15, 0.2) is 0 Å². The van der Waals surface area contributed by atoms with Crippen molar-refractivity contribution >= 4 is 23.2 Å². The van der Waals surface area contributed by atoms with Gasteiger partial charge in [0.05, 0.1) is 22.7 Å². The summed E-state index contributed by atoms with van der Waals surface area (Å²) < 4.78 is 0. The van der Waals surface area contributed by atoms with Crippen LogP contribution in [0.4, 0.5) is 5.69 Å². The van der Waals surface area contributed by atoms with Gasteiger partial charge in [0.2, 0.25) is 5.91 Å². The quantitative estimate of drug-likeness (QED) is 0.892. The van der Waals surface area contributed by atoms with E-state index < -0.39 is 6.10 Å². The summed E-state index contributed by atoms with van der Waals surface area (Å²) in [5.41, 5.74) is 7.07. The highest BCUT2D eigenvalue weighted by Gasteiger charge is 2.25. The fourth-order valence-corrected chi connectivity index (χ4v) is 2.78. The van der Waals surface area contributed by atoms with E-state index in [2.05, 4.69) is 4.90 Å². The van der Waals surface area contributed by atoms with Crippen molar-refractivity contribution in [3.05, 3.63) is 28.8 Å². The summed E-state index contributed by atoms with van der Waals surface area (Å²) in [5, 5.41) is 10.1. The van der Waals surface area contributed by atoms with E-state index in [9.17, 15) is 9.90 Å². The third-order valence-electron chi connectivity index (χ3n) is 3.62.